The van der Waals surface area contributed by atoms with Gasteiger partial charge >= 0.3 is 11.9 Å². The van der Waals surface area contributed by atoms with E-state index in [1.165, 1.54) is 64.1 Å². The van der Waals surface area contributed by atoms with Crippen LogP contribution in [0.25, 0.3) is 0 Å². The quantitative estimate of drug-likeness (QED) is 0.142. The molecule has 0 fully saturated rings. The van der Waals surface area contributed by atoms with E-state index in [1.807, 2.05) is 6.92 Å². The summed E-state index contributed by atoms with van der Waals surface area (Å²) in [5.41, 5.74) is 0.180. The lowest BCUT2D eigenvalue weighted by molar-refractivity contribution is -0.163. The maximum absolute atomic E-state index is 13.4. The molecule has 0 aromatic carbocycles. The second-order valence-electron chi connectivity index (χ2n) is 12.6. The second kappa shape index (κ2) is 22.0. The molecule has 1 rings (SSSR count). The summed E-state index contributed by atoms with van der Waals surface area (Å²) in [6.07, 6.45) is 18.9. The molecular weight excluding hydrogens is 574 g/mol. The van der Waals surface area contributed by atoms with Crippen molar-refractivity contribution < 1.29 is 33.4 Å². The molecule has 45 heavy (non-hydrogen) atoms. The number of unbranched alkanes of at least 4 members (excludes halogenated alkanes) is 8. The summed E-state index contributed by atoms with van der Waals surface area (Å²) in [4.78, 5) is 65.3. The van der Waals surface area contributed by atoms with Gasteiger partial charge in [-0.25, -0.2) is 4.79 Å². The van der Waals surface area contributed by atoms with Gasteiger partial charge in [0.15, 0.2) is 6.61 Å². The lowest BCUT2D eigenvalue weighted by Crippen LogP contribution is -2.49. The molecule has 0 aliphatic carbocycles. The van der Waals surface area contributed by atoms with Crippen LogP contribution in [-0.4, -0.2) is 66.9 Å². The molecule has 1 heterocycles. The third kappa shape index (κ3) is 16.9. The Hall–Kier alpha value is -3.61. The Morgan fingerprint density at radius 1 is 1.02 bits per heavy atom. The zero-order valence-corrected chi connectivity index (χ0v) is 28.0. The number of nitrogens with zero attached hydrogens (tertiary/aromatic N) is 1. The summed E-state index contributed by atoms with van der Waals surface area (Å²) < 4.78 is 10.8. The van der Waals surface area contributed by atoms with Crippen molar-refractivity contribution in [3.63, 3.8) is 0 Å². The van der Waals surface area contributed by atoms with E-state index in [0.29, 0.717) is 6.42 Å². The average Bonchev–Trinajstić information content (AvgIpc) is 2.98. The highest BCUT2D eigenvalue weighted by atomic mass is 16.5. The zero-order valence-electron chi connectivity index (χ0n) is 28.0. The topological polar surface area (TPSA) is 131 Å². The lowest BCUT2D eigenvalue weighted by atomic mass is 9.88. The zero-order chi connectivity index (χ0) is 33.8. The molecule has 1 aliphatic heterocycles. The normalized spacial score (nSPS) is 21.6. The minimum Gasteiger partial charge on any atom is -0.460 e. The molecule has 252 valence electrons. The Bertz CT molecular complexity index is 1060. The van der Waals surface area contributed by atoms with Crippen molar-refractivity contribution in [3.05, 3.63) is 24.4 Å². The fraction of sp³-hybridized carbons (Fsp3) is 0.686. The van der Waals surface area contributed by atoms with Crippen LogP contribution in [0.1, 0.15) is 105 Å². The van der Waals surface area contributed by atoms with Gasteiger partial charge in [0, 0.05) is 18.8 Å². The smallest absolute Gasteiger partial charge is 0.329 e. The first-order chi connectivity index (χ1) is 21.3. The molecule has 0 saturated heterocycles. The Balaban J connectivity index is 2.94. The number of allylic oxidation sites excluding steroid dienone is 1. The standard InChI is InChI=1S/C35H55N3O7/c1-8-22-44-32(41)23-29-35(43)45-33(26(4)19-17-15-13-11-9-10-12-14-16-18-25(2)3)28(6)34(42)36-27(5)20-21-31(40)38(7)24-30(39)37-29/h1,20-21,25-26,28-29,33H,5,9-19,22-24H2,2-4,6-7H3,(H,36,42)(H,37,39)/b21-20+/t26-,28+,29+,33+/m1/s1. The van der Waals surface area contributed by atoms with Gasteiger partial charge < -0.3 is 25.0 Å². The first-order valence-corrected chi connectivity index (χ1v) is 16.4. The van der Waals surface area contributed by atoms with Crippen molar-refractivity contribution in [2.75, 3.05) is 20.2 Å². The van der Waals surface area contributed by atoms with Crippen LogP contribution in [-0.2, 0) is 33.4 Å². The van der Waals surface area contributed by atoms with Gasteiger partial charge in [0.25, 0.3) is 0 Å². The van der Waals surface area contributed by atoms with Crippen LogP contribution in [0.15, 0.2) is 24.4 Å². The number of hydrogen-bond acceptors (Lipinski definition) is 7. The van der Waals surface area contributed by atoms with Crippen molar-refractivity contribution in [3.8, 4) is 12.3 Å². The molecule has 0 saturated carbocycles. The third-order valence-electron chi connectivity index (χ3n) is 7.94. The molecule has 0 aromatic rings. The van der Waals surface area contributed by atoms with Crippen LogP contribution in [0.5, 0.6) is 0 Å². The number of terminal acetylenes is 1. The number of carbonyl (C=O) groups is 5. The average molecular weight is 630 g/mol. The van der Waals surface area contributed by atoms with E-state index < -0.39 is 54.1 Å². The summed E-state index contributed by atoms with van der Waals surface area (Å²) in [6.45, 7) is 11.2. The van der Waals surface area contributed by atoms with Crippen molar-refractivity contribution in [2.45, 2.75) is 117 Å². The van der Waals surface area contributed by atoms with E-state index in [-0.39, 0.29) is 24.8 Å². The number of ether oxygens (including phenoxy) is 2. The number of likely N-dealkylation sites (N-methyl/N-ethyl adjacent to an activating group) is 1. The van der Waals surface area contributed by atoms with Crippen molar-refractivity contribution >= 4 is 29.7 Å². The highest BCUT2D eigenvalue weighted by molar-refractivity contribution is 5.93. The molecule has 10 heteroatoms. The summed E-state index contributed by atoms with van der Waals surface area (Å²) in [5, 5.41) is 5.15. The number of hydrogen-bond donors (Lipinski definition) is 2. The van der Waals surface area contributed by atoms with Gasteiger partial charge in [0.2, 0.25) is 17.7 Å². The van der Waals surface area contributed by atoms with Crippen molar-refractivity contribution in [1.82, 2.24) is 15.5 Å². The Morgan fingerprint density at radius 2 is 1.60 bits per heavy atom. The minimum atomic E-state index is -1.41. The maximum Gasteiger partial charge on any atom is 0.329 e. The minimum absolute atomic E-state index is 0.180. The monoisotopic (exact) mass is 629 g/mol. The number of cyclic esters (lactones) is 1. The molecule has 0 aromatic heterocycles. The van der Waals surface area contributed by atoms with Crippen molar-refractivity contribution in [2.24, 2.45) is 17.8 Å². The highest BCUT2D eigenvalue weighted by Crippen LogP contribution is 2.25. The first kappa shape index (κ1) is 39.4. The number of rotatable bonds is 16. The largest absolute Gasteiger partial charge is 0.460 e. The van der Waals surface area contributed by atoms with Gasteiger partial charge in [0.05, 0.1) is 18.9 Å². The van der Waals surface area contributed by atoms with Crippen LogP contribution in [0.2, 0.25) is 0 Å². The SMILES string of the molecule is C#CCOC(=O)C[C@@H]1NC(=O)CN(C)C(=O)/C=C/C(=C)NC(=O)[C@@H](C)[C@H]([C@H](C)CCCCCCCCCCCC(C)C)OC1=O. The van der Waals surface area contributed by atoms with Crippen LogP contribution in [0, 0.1) is 30.1 Å². The van der Waals surface area contributed by atoms with Gasteiger partial charge in [-0.05, 0) is 24.3 Å². The van der Waals surface area contributed by atoms with E-state index in [4.69, 9.17) is 15.9 Å². The summed E-state index contributed by atoms with van der Waals surface area (Å²) in [5.74, 6) is -1.37. The fourth-order valence-corrected chi connectivity index (χ4v) is 5.18. The Kier molecular flexibility index (Phi) is 19.3. The van der Waals surface area contributed by atoms with Crippen LogP contribution in [0.3, 0.4) is 0 Å². The number of nitrogens with one attached hydrogen (secondary N) is 2. The molecule has 3 amide bonds. The van der Waals surface area contributed by atoms with Gasteiger partial charge in [-0.2, -0.15) is 0 Å². The van der Waals surface area contributed by atoms with Gasteiger partial charge in [-0.3, -0.25) is 19.2 Å². The molecule has 2 N–H and O–H groups in total. The lowest BCUT2D eigenvalue weighted by Gasteiger charge is -2.30. The first-order valence-electron chi connectivity index (χ1n) is 16.4. The molecule has 4 atom stereocenters. The predicted molar refractivity (Wildman–Crippen MR) is 174 cm³/mol. The Labute approximate surface area is 270 Å². The van der Waals surface area contributed by atoms with E-state index in [1.54, 1.807) is 6.92 Å². The fourth-order valence-electron chi connectivity index (χ4n) is 5.18. The Morgan fingerprint density at radius 3 is 2.18 bits per heavy atom. The van der Waals surface area contributed by atoms with Crippen molar-refractivity contribution in [1.29, 1.82) is 0 Å². The van der Waals surface area contributed by atoms with Gasteiger partial charge in [-0.15, -0.1) is 6.42 Å². The predicted octanol–water partition coefficient (Wildman–Crippen LogP) is 4.83. The van der Waals surface area contributed by atoms with Crippen LogP contribution >= 0.6 is 0 Å². The van der Waals surface area contributed by atoms with E-state index in [0.717, 1.165) is 30.1 Å². The second-order valence-corrected chi connectivity index (χ2v) is 12.6. The van der Waals surface area contributed by atoms with Crippen LogP contribution < -0.4 is 10.6 Å². The summed E-state index contributed by atoms with van der Waals surface area (Å²) in [6, 6.07) is -1.41. The molecule has 0 unspecified atom stereocenters. The number of esters is 2. The highest BCUT2D eigenvalue weighted by Gasteiger charge is 2.36. The molecule has 0 spiro atoms. The van der Waals surface area contributed by atoms with E-state index in [2.05, 4.69) is 37.0 Å². The van der Waals surface area contributed by atoms with E-state index >= 15 is 0 Å². The molecular formula is C35H55N3O7. The molecule has 10 nitrogen and oxygen atoms in total. The van der Waals surface area contributed by atoms with E-state index in [9.17, 15) is 24.0 Å². The number of carbonyl (C=O) groups excluding carboxylic acids is 5. The summed E-state index contributed by atoms with van der Waals surface area (Å²) in [7, 11) is 1.40. The molecule has 1 aliphatic rings. The molecule has 0 radical (unpaired) electrons. The number of amides is 3. The summed E-state index contributed by atoms with van der Waals surface area (Å²) >= 11 is 0. The van der Waals surface area contributed by atoms with Gasteiger partial charge in [0.1, 0.15) is 12.1 Å². The van der Waals surface area contributed by atoms with Gasteiger partial charge in [-0.1, -0.05) is 104 Å². The molecule has 0 bridgehead atoms. The van der Waals surface area contributed by atoms with Crippen LogP contribution in [0.4, 0.5) is 0 Å². The maximum atomic E-state index is 13.4. The third-order valence-corrected chi connectivity index (χ3v) is 7.94.